The number of aryl methyl sites for hydroxylation is 1. The molecule has 2 unspecified atom stereocenters. The smallest absolute Gasteiger partial charge is 0.337 e. The van der Waals surface area contributed by atoms with Gasteiger partial charge in [0.15, 0.2) is 0 Å². The van der Waals surface area contributed by atoms with Crippen molar-refractivity contribution in [1.29, 1.82) is 0 Å². The van der Waals surface area contributed by atoms with Gasteiger partial charge in [0.25, 0.3) is 0 Å². The molecular weight excluding hydrogens is 786 g/mol. The van der Waals surface area contributed by atoms with Crippen LogP contribution in [-0.4, -0.2) is 70.8 Å². The molecule has 1 spiro atoms. The van der Waals surface area contributed by atoms with Gasteiger partial charge in [-0.2, -0.15) is 0 Å². The SMILES string of the molecule is CCC(CCC(/C=C/[C@@H]1CC[C@H]1CN1C[C@@]2(CCCc3cc(Cl)ccc32)COc2ccc(C(=O)OC)cc21)O[Si](C(C)C)(C(C)C)C(C)C)S(=O)(=O)c1ncccn1. The van der Waals surface area contributed by atoms with Crippen LogP contribution in [0.3, 0.4) is 0 Å². The van der Waals surface area contributed by atoms with Gasteiger partial charge in [0, 0.05) is 35.9 Å². The van der Waals surface area contributed by atoms with Crippen molar-refractivity contribution in [2.45, 2.75) is 138 Å². The molecule has 0 radical (unpaired) electrons. The summed E-state index contributed by atoms with van der Waals surface area (Å²) in [7, 11) is -4.60. The monoisotopic (exact) mass is 849 g/mol. The number of sulfone groups is 1. The number of methoxy groups -OCH3 is 1. The molecule has 2 heterocycles. The lowest BCUT2D eigenvalue weighted by atomic mass is 9.69. The van der Waals surface area contributed by atoms with Gasteiger partial charge in [0.2, 0.25) is 23.3 Å². The largest absolute Gasteiger partial charge is 0.490 e. The van der Waals surface area contributed by atoms with E-state index in [-0.39, 0.29) is 22.6 Å². The van der Waals surface area contributed by atoms with E-state index in [1.165, 1.54) is 30.6 Å². The van der Waals surface area contributed by atoms with Crippen LogP contribution in [0.1, 0.15) is 115 Å². The Bertz CT molecular complexity index is 2010. The number of hydrogen-bond donors (Lipinski definition) is 0. The predicted octanol–water partition coefficient (Wildman–Crippen LogP) is 10.6. The van der Waals surface area contributed by atoms with Crippen molar-refractivity contribution < 1.29 is 27.1 Å². The topological polar surface area (TPSA) is 108 Å². The summed E-state index contributed by atoms with van der Waals surface area (Å²) in [5.74, 6) is 1.11. The fraction of sp³-hybridized carbons (Fsp3) is 0.587. The molecule has 316 valence electrons. The Morgan fingerprint density at radius 1 is 1.03 bits per heavy atom. The number of halogens is 1. The third-order valence-electron chi connectivity index (χ3n) is 13.5. The van der Waals surface area contributed by atoms with Gasteiger partial charge in [-0.05, 0) is 127 Å². The van der Waals surface area contributed by atoms with Gasteiger partial charge in [0.1, 0.15) is 5.75 Å². The predicted molar refractivity (Wildman–Crippen MR) is 235 cm³/mol. The molecule has 0 amide bonds. The second-order valence-corrected chi connectivity index (χ2v) is 25.8. The maximum Gasteiger partial charge on any atom is 0.337 e. The first kappa shape index (κ1) is 44.3. The highest BCUT2D eigenvalue weighted by Gasteiger charge is 2.47. The zero-order valence-electron chi connectivity index (χ0n) is 35.7. The fourth-order valence-corrected chi connectivity index (χ4v) is 17.7. The van der Waals surface area contributed by atoms with Crippen LogP contribution >= 0.6 is 11.6 Å². The van der Waals surface area contributed by atoms with Crippen LogP contribution in [0.4, 0.5) is 5.69 Å². The summed E-state index contributed by atoms with van der Waals surface area (Å²) in [6.07, 6.45) is 14.1. The highest BCUT2D eigenvalue weighted by molar-refractivity contribution is 7.91. The number of carbonyl (C=O) groups excluding carboxylic acids is 1. The number of esters is 1. The number of nitrogens with zero attached hydrogens (tertiary/aromatic N) is 3. The van der Waals surface area contributed by atoms with Gasteiger partial charge in [-0.3, -0.25) is 0 Å². The summed E-state index contributed by atoms with van der Waals surface area (Å²) >= 11 is 6.50. The van der Waals surface area contributed by atoms with Crippen LogP contribution in [0.5, 0.6) is 5.75 Å². The zero-order chi connectivity index (χ0) is 41.8. The minimum absolute atomic E-state index is 0.107. The second kappa shape index (κ2) is 18.6. The van der Waals surface area contributed by atoms with Crippen molar-refractivity contribution >= 4 is 41.4 Å². The molecule has 58 heavy (non-hydrogen) atoms. The molecule has 2 aromatic carbocycles. The molecule has 1 saturated carbocycles. The van der Waals surface area contributed by atoms with Crippen molar-refractivity contribution in [3.05, 3.63) is 88.7 Å². The van der Waals surface area contributed by atoms with E-state index in [2.05, 4.69) is 80.7 Å². The van der Waals surface area contributed by atoms with Gasteiger partial charge >= 0.3 is 5.97 Å². The van der Waals surface area contributed by atoms with Crippen LogP contribution in [-0.2, 0) is 30.8 Å². The van der Waals surface area contributed by atoms with Crippen molar-refractivity contribution in [3.8, 4) is 5.75 Å². The average Bonchev–Trinajstić information content (AvgIpc) is 3.34. The molecule has 2 aliphatic carbocycles. The summed E-state index contributed by atoms with van der Waals surface area (Å²) in [5, 5.41) is 0.0446. The quantitative estimate of drug-likeness (QED) is 0.0602. The summed E-state index contributed by atoms with van der Waals surface area (Å²) < 4.78 is 46.6. The highest BCUT2D eigenvalue weighted by atomic mass is 35.5. The third kappa shape index (κ3) is 9.08. The molecule has 0 bridgehead atoms. The zero-order valence-corrected chi connectivity index (χ0v) is 38.3. The first-order valence-electron chi connectivity index (χ1n) is 21.4. The number of carbonyl (C=O) groups is 1. The van der Waals surface area contributed by atoms with E-state index >= 15 is 0 Å². The van der Waals surface area contributed by atoms with Gasteiger partial charge in [0.05, 0.1) is 36.3 Å². The number of rotatable bonds is 16. The van der Waals surface area contributed by atoms with Crippen LogP contribution in [0.2, 0.25) is 21.6 Å². The molecule has 9 nitrogen and oxygen atoms in total. The maximum absolute atomic E-state index is 13.7. The first-order chi connectivity index (χ1) is 27.6. The van der Waals surface area contributed by atoms with Crippen LogP contribution in [0, 0.1) is 11.8 Å². The van der Waals surface area contributed by atoms with Crippen LogP contribution in [0.15, 0.2) is 72.2 Å². The number of ether oxygens (including phenoxy) is 2. The highest BCUT2D eigenvalue weighted by Crippen LogP contribution is 2.47. The van der Waals surface area contributed by atoms with E-state index < -0.39 is 23.4 Å². The van der Waals surface area contributed by atoms with E-state index in [1.54, 1.807) is 12.1 Å². The minimum Gasteiger partial charge on any atom is -0.490 e. The molecule has 5 atom stereocenters. The normalized spacial score (nSPS) is 22.0. The van der Waals surface area contributed by atoms with Crippen LogP contribution < -0.4 is 9.64 Å². The second-order valence-electron chi connectivity index (χ2n) is 17.8. The lowest BCUT2D eigenvalue weighted by Gasteiger charge is -2.45. The summed E-state index contributed by atoms with van der Waals surface area (Å²) in [4.78, 5) is 23.5. The molecule has 6 rings (SSSR count). The van der Waals surface area contributed by atoms with E-state index in [0.717, 1.165) is 61.7 Å². The number of allylic oxidation sites excluding steroid dienone is 1. The van der Waals surface area contributed by atoms with Gasteiger partial charge in [-0.25, -0.2) is 23.2 Å². The van der Waals surface area contributed by atoms with E-state index in [1.807, 2.05) is 25.1 Å². The van der Waals surface area contributed by atoms with E-state index in [0.29, 0.717) is 59.9 Å². The molecule has 3 aromatic rings. The number of fused-ring (bicyclic) bond motifs is 3. The Kier molecular flexibility index (Phi) is 14.2. The molecular formula is C46H64ClN3O6SSi. The molecule has 1 aliphatic heterocycles. The van der Waals surface area contributed by atoms with Gasteiger partial charge in [-0.1, -0.05) is 78.3 Å². The molecule has 12 heteroatoms. The first-order valence-corrected chi connectivity index (χ1v) is 25.5. The molecule has 1 aromatic heterocycles. The third-order valence-corrected chi connectivity index (χ3v) is 22.0. The summed E-state index contributed by atoms with van der Waals surface area (Å²) in [5.41, 5.74) is 4.95. The maximum atomic E-state index is 13.7. The molecule has 0 saturated heterocycles. The lowest BCUT2D eigenvalue weighted by Crippen LogP contribution is -2.50. The Morgan fingerprint density at radius 2 is 1.76 bits per heavy atom. The number of hydrogen-bond acceptors (Lipinski definition) is 9. The Labute approximate surface area is 353 Å². The van der Waals surface area contributed by atoms with Crippen molar-refractivity contribution in [1.82, 2.24) is 9.97 Å². The number of benzene rings is 2. The Balaban J connectivity index is 1.29. The Morgan fingerprint density at radius 3 is 2.40 bits per heavy atom. The summed E-state index contributed by atoms with van der Waals surface area (Å²) in [6, 6.07) is 13.6. The molecule has 3 aliphatic rings. The number of anilines is 1. The van der Waals surface area contributed by atoms with Gasteiger partial charge < -0.3 is 18.8 Å². The van der Waals surface area contributed by atoms with Crippen molar-refractivity contribution in [2.75, 3.05) is 31.7 Å². The van der Waals surface area contributed by atoms with Crippen molar-refractivity contribution in [2.24, 2.45) is 11.8 Å². The van der Waals surface area contributed by atoms with E-state index in [9.17, 15) is 13.2 Å². The molecule has 0 N–H and O–H groups in total. The van der Waals surface area contributed by atoms with Crippen LogP contribution in [0.25, 0.3) is 0 Å². The summed E-state index contributed by atoms with van der Waals surface area (Å²) in [6.45, 7) is 17.8. The molecule has 1 fully saturated rings. The average molecular weight is 851 g/mol. The van der Waals surface area contributed by atoms with Crippen molar-refractivity contribution in [3.63, 3.8) is 0 Å². The van der Waals surface area contributed by atoms with Gasteiger partial charge in [-0.15, -0.1) is 0 Å². The Hall–Kier alpha value is -3.25. The lowest BCUT2D eigenvalue weighted by molar-refractivity contribution is 0.0600. The minimum atomic E-state index is -3.70. The fourth-order valence-electron chi connectivity index (χ4n) is 10.4. The van der Waals surface area contributed by atoms with E-state index in [4.69, 9.17) is 25.5 Å². The standard InChI is InChI=1S/C46H64ClN3O6SSi/c1-9-40(57(52,53)45-48-24-11-25-49-45)20-19-39(56-58(31(2)3,32(4)5)33(6)7)18-15-34-13-14-37(34)28-50-29-46(23-10-12-35-26-38(47)17-21-41(35)46)30-55-43-22-16-36(27-42(43)50)44(51)54-8/h11,15-18,21-22,24-27,31-34,37,39-40H,9-10,12-14,19-20,23,28-30H2,1-8H3/b18-15+/t34-,37-,39?,40?,46-/m0/s1. The number of aromatic nitrogens is 2.